The number of carbonyl (C=O) groups is 2. The van der Waals surface area contributed by atoms with Crippen molar-refractivity contribution < 1.29 is 19.8 Å². The predicted molar refractivity (Wildman–Crippen MR) is 109 cm³/mol. The van der Waals surface area contributed by atoms with E-state index in [2.05, 4.69) is 19.6 Å². The molecule has 0 aliphatic heterocycles. The van der Waals surface area contributed by atoms with Gasteiger partial charge in [0, 0.05) is 6.42 Å². The number of hydrogen-bond donors (Lipinski definition) is 3. The van der Waals surface area contributed by atoms with Crippen molar-refractivity contribution in [2.45, 2.75) is 110 Å². The zero-order valence-electron chi connectivity index (χ0n) is 16.2. The van der Waals surface area contributed by atoms with Crippen LogP contribution in [-0.2, 0) is 9.59 Å². The Balaban J connectivity index is 0. The van der Waals surface area contributed by atoms with Gasteiger partial charge in [-0.3, -0.25) is 9.59 Å². The molecule has 0 heterocycles. The van der Waals surface area contributed by atoms with Gasteiger partial charge in [0.05, 0.1) is 5.75 Å². The van der Waals surface area contributed by atoms with Crippen LogP contribution < -0.4 is 0 Å². The smallest absolute Gasteiger partial charge is 0.313 e. The van der Waals surface area contributed by atoms with E-state index < -0.39 is 11.9 Å². The van der Waals surface area contributed by atoms with Gasteiger partial charge in [-0.25, -0.2) is 0 Å². The van der Waals surface area contributed by atoms with Gasteiger partial charge in [-0.05, 0) is 6.42 Å². The molecular formula is C20H40O4S. The summed E-state index contributed by atoms with van der Waals surface area (Å²) in [6, 6.07) is 0. The SMILES string of the molecule is CCCCCCCCCCCCCCCCCC(=O)O.O=C(O)CS. The molecule has 0 fully saturated rings. The highest BCUT2D eigenvalue weighted by Gasteiger charge is 1.97. The van der Waals surface area contributed by atoms with Crippen LogP contribution in [0.4, 0.5) is 0 Å². The maximum absolute atomic E-state index is 10.3. The van der Waals surface area contributed by atoms with Gasteiger partial charge in [0.15, 0.2) is 0 Å². The monoisotopic (exact) mass is 376 g/mol. The summed E-state index contributed by atoms with van der Waals surface area (Å²) in [7, 11) is 0. The molecule has 0 atom stereocenters. The van der Waals surface area contributed by atoms with Crippen LogP contribution in [0.3, 0.4) is 0 Å². The van der Waals surface area contributed by atoms with Gasteiger partial charge < -0.3 is 10.2 Å². The average Bonchev–Trinajstić information content (AvgIpc) is 2.58. The maximum Gasteiger partial charge on any atom is 0.313 e. The fraction of sp³-hybridized carbons (Fsp3) is 0.900. The van der Waals surface area contributed by atoms with Crippen molar-refractivity contribution in [3.63, 3.8) is 0 Å². The first-order chi connectivity index (χ1) is 12.0. The summed E-state index contributed by atoms with van der Waals surface area (Å²) in [5, 5.41) is 16.2. The largest absolute Gasteiger partial charge is 0.481 e. The summed E-state index contributed by atoms with van der Waals surface area (Å²) in [4.78, 5) is 19.6. The summed E-state index contributed by atoms with van der Waals surface area (Å²) < 4.78 is 0. The minimum Gasteiger partial charge on any atom is -0.481 e. The van der Waals surface area contributed by atoms with Crippen molar-refractivity contribution in [2.75, 3.05) is 5.75 Å². The predicted octanol–water partition coefficient (Wildman–Crippen LogP) is 6.33. The quantitative estimate of drug-likeness (QED) is 0.205. The molecule has 0 rings (SSSR count). The minimum absolute atomic E-state index is 0.0833. The van der Waals surface area contributed by atoms with Gasteiger partial charge in [-0.2, -0.15) is 12.6 Å². The average molecular weight is 377 g/mol. The van der Waals surface area contributed by atoms with Crippen LogP contribution in [0.2, 0.25) is 0 Å². The van der Waals surface area contributed by atoms with E-state index in [0.29, 0.717) is 6.42 Å². The van der Waals surface area contributed by atoms with Crippen molar-refractivity contribution in [1.82, 2.24) is 0 Å². The molecule has 5 heteroatoms. The number of aliphatic carboxylic acids is 2. The molecule has 0 bridgehead atoms. The molecule has 0 saturated heterocycles. The molecule has 0 aliphatic carbocycles. The summed E-state index contributed by atoms with van der Waals surface area (Å²) in [6.07, 6.45) is 20.2. The highest BCUT2D eigenvalue weighted by molar-refractivity contribution is 7.81. The Morgan fingerprint density at radius 2 is 0.880 bits per heavy atom. The first-order valence-corrected chi connectivity index (χ1v) is 10.7. The number of hydrogen-bond acceptors (Lipinski definition) is 3. The Bertz CT molecular complexity index is 295. The summed E-state index contributed by atoms with van der Waals surface area (Å²) >= 11 is 3.42. The lowest BCUT2D eigenvalue weighted by molar-refractivity contribution is -0.137. The van der Waals surface area contributed by atoms with Crippen LogP contribution in [-0.4, -0.2) is 27.9 Å². The maximum atomic E-state index is 10.3. The number of unbranched alkanes of at least 4 members (excludes halogenated alkanes) is 14. The number of carboxylic acids is 2. The Labute approximate surface area is 160 Å². The molecular weight excluding hydrogens is 336 g/mol. The first-order valence-electron chi connectivity index (χ1n) is 10.1. The Hall–Kier alpha value is -0.710. The fourth-order valence-electron chi connectivity index (χ4n) is 2.65. The van der Waals surface area contributed by atoms with Crippen LogP contribution >= 0.6 is 12.6 Å². The van der Waals surface area contributed by atoms with Crippen molar-refractivity contribution >= 4 is 24.6 Å². The summed E-state index contributed by atoms with van der Waals surface area (Å²) in [5.41, 5.74) is 0. The Morgan fingerprint density at radius 1 is 0.600 bits per heavy atom. The van der Waals surface area contributed by atoms with E-state index in [1.807, 2.05) is 0 Å². The lowest BCUT2D eigenvalue weighted by atomic mass is 10.0. The third-order valence-corrected chi connectivity index (χ3v) is 4.40. The highest BCUT2D eigenvalue weighted by Crippen LogP contribution is 2.13. The van der Waals surface area contributed by atoms with E-state index in [4.69, 9.17) is 10.2 Å². The molecule has 0 amide bonds. The minimum atomic E-state index is -0.881. The van der Waals surface area contributed by atoms with Gasteiger partial charge in [0.25, 0.3) is 0 Å². The molecule has 0 spiro atoms. The van der Waals surface area contributed by atoms with Crippen molar-refractivity contribution in [2.24, 2.45) is 0 Å². The van der Waals surface area contributed by atoms with E-state index in [9.17, 15) is 9.59 Å². The molecule has 2 N–H and O–H groups in total. The van der Waals surface area contributed by atoms with E-state index in [1.54, 1.807) is 0 Å². The third-order valence-electron chi connectivity index (χ3n) is 4.13. The topological polar surface area (TPSA) is 74.6 Å². The molecule has 0 aromatic rings. The molecule has 25 heavy (non-hydrogen) atoms. The molecule has 0 aromatic heterocycles. The molecule has 0 radical (unpaired) electrons. The third kappa shape index (κ3) is 31.6. The van der Waals surface area contributed by atoms with Gasteiger partial charge in [-0.15, -0.1) is 0 Å². The van der Waals surface area contributed by atoms with Crippen molar-refractivity contribution in [3.8, 4) is 0 Å². The van der Waals surface area contributed by atoms with Gasteiger partial charge in [0.1, 0.15) is 0 Å². The van der Waals surface area contributed by atoms with E-state index in [0.717, 1.165) is 12.8 Å². The van der Waals surface area contributed by atoms with Crippen LogP contribution in [0.5, 0.6) is 0 Å². The normalized spacial score (nSPS) is 10.2. The second-order valence-corrected chi connectivity index (χ2v) is 6.96. The van der Waals surface area contributed by atoms with Gasteiger partial charge in [-0.1, -0.05) is 96.8 Å². The Kier molecular flexibility index (Phi) is 24.7. The van der Waals surface area contributed by atoms with Crippen LogP contribution in [0.25, 0.3) is 0 Å². The molecule has 0 aliphatic rings. The fourth-order valence-corrected chi connectivity index (χ4v) is 2.65. The van der Waals surface area contributed by atoms with Gasteiger partial charge >= 0.3 is 11.9 Å². The molecule has 4 nitrogen and oxygen atoms in total. The second-order valence-electron chi connectivity index (χ2n) is 6.65. The van der Waals surface area contributed by atoms with Crippen molar-refractivity contribution in [3.05, 3.63) is 0 Å². The number of thiol groups is 1. The zero-order chi connectivity index (χ0) is 19.2. The standard InChI is InChI=1S/C18H36O2.C2H4O2S/c1-2-3-4-5-6-7-8-9-10-11-12-13-14-15-16-17-18(19)20;3-2(4)1-5/h2-17H2,1H3,(H,19,20);5H,1H2,(H,3,4). The highest BCUT2D eigenvalue weighted by atomic mass is 32.1. The first kappa shape index (κ1) is 26.5. The zero-order valence-corrected chi connectivity index (χ0v) is 17.1. The molecule has 0 saturated carbocycles. The van der Waals surface area contributed by atoms with Crippen LogP contribution in [0.1, 0.15) is 110 Å². The second kappa shape index (κ2) is 23.3. The van der Waals surface area contributed by atoms with Crippen molar-refractivity contribution in [1.29, 1.82) is 0 Å². The Morgan fingerprint density at radius 3 is 1.12 bits per heavy atom. The number of rotatable bonds is 17. The van der Waals surface area contributed by atoms with E-state index in [1.165, 1.54) is 83.5 Å². The molecule has 0 aromatic carbocycles. The lowest BCUT2D eigenvalue weighted by Crippen LogP contribution is -1.93. The van der Waals surface area contributed by atoms with Crippen LogP contribution in [0, 0.1) is 0 Å². The van der Waals surface area contributed by atoms with E-state index in [-0.39, 0.29) is 5.75 Å². The summed E-state index contributed by atoms with van der Waals surface area (Å²) in [5.74, 6) is -1.62. The van der Waals surface area contributed by atoms with Gasteiger partial charge in [0.2, 0.25) is 0 Å². The van der Waals surface area contributed by atoms with Crippen LogP contribution in [0.15, 0.2) is 0 Å². The molecule has 0 unspecified atom stereocenters. The van der Waals surface area contributed by atoms with E-state index >= 15 is 0 Å². The summed E-state index contributed by atoms with van der Waals surface area (Å²) in [6.45, 7) is 2.27. The number of carboxylic acid groups (broad SMARTS) is 2. The lowest BCUT2D eigenvalue weighted by Gasteiger charge is -2.03. The molecule has 150 valence electrons.